The molecular formula is C17H18INO2. The first-order valence-electron chi connectivity index (χ1n) is 6.85. The van der Waals surface area contributed by atoms with Crippen LogP contribution in [0.5, 0.6) is 5.75 Å². The molecule has 0 fully saturated rings. The highest BCUT2D eigenvalue weighted by Crippen LogP contribution is 2.21. The first kappa shape index (κ1) is 15.8. The van der Waals surface area contributed by atoms with Crippen molar-refractivity contribution in [3.63, 3.8) is 0 Å². The molecule has 0 saturated heterocycles. The Morgan fingerprint density at radius 3 is 2.43 bits per heavy atom. The summed E-state index contributed by atoms with van der Waals surface area (Å²) in [4.78, 5) is 12.4. The fraction of sp³-hybridized carbons (Fsp3) is 0.235. The molecule has 4 heteroatoms. The van der Waals surface area contributed by atoms with E-state index < -0.39 is 0 Å². The second-order valence-electron chi connectivity index (χ2n) is 4.69. The molecule has 110 valence electrons. The van der Waals surface area contributed by atoms with Crippen LogP contribution in [0.1, 0.15) is 35.3 Å². The van der Waals surface area contributed by atoms with Gasteiger partial charge in [-0.1, -0.05) is 31.2 Å². The van der Waals surface area contributed by atoms with Crippen molar-refractivity contribution in [1.29, 1.82) is 0 Å². The van der Waals surface area contributed by atoms with Crippen molar-refractivity contribution in [3.05, 3.63) is 63.2 Å². The third-order valence-electron chi connectivity index (χ3n) is 3.35. The maximum Gasteiger partial charge on any atom is 0.252 e. The zero-order valence-corrected chi connectivity index (χ0v) is 14.3. The second-order valence-corrected chi connectivity index (χ2v) is 5.85. The van der Waals surface area contributed by atoms with Crippen molar-refractivity contribution in [2.75, 3.05) is 7.11 Å². The number of ether oxygens (including phenoxy) is 1. The van der Waals surface area contributed by atoms with E-state index >= 15 is 0 Å². The lowest BCUT2D eigenvalue weighted by Gasteiger charge is -2.18. The Hall–Kier alpha value is -1.56. The van der Waals surface area contributed by atoms with Gasteiger partial charge in [0, 0.05) is 3.57 Å². The van der Waals surface area contributed by atoms with E-state index in [1.807, 2.05) is 48.5 Å². The smallest absolute Gasteiger partial charge is 0.252 e. The van der Waals surface area contributed by atoms with Crippen LogP contribution in [0.2, 0.25) is 0 Å². The number of hydrogen-bond acceptors (Lipinski definition) is 2. The summed E-state index contributed by atoms with van der Waals surface area (Å²) in [5.74, 6) is 0.778. The van der Waals surface area contributed by atoms with Crippen LogP contribution < -0.4 is 10.1 Å². The number of rotatable bonds is 5. The molecule has 1 amide bonds. The number of carbonyl (C=O) groups excluding carboxylic acids is 1. The summed E-state index contributed by atoms with van der Waals surface area (Å²) in [5, 5.41) is 3.09. The summed E-state index contributed by atoms with van der Waals surface area (Å²) in [6.45, 7) is 2.06. The second kappa shape index (κ2) is 7.45. The van der Waals surface area contributed by atoms with Crippen LogP contribution in [-0.4, -0.2) is 13.0 Å². The van der Waals surface area contributed by atoms with E-state index in [-0.39, 0.29) is 11.9 Å². The molecule has 2 aromatic rings. The molecule has 0 bridgehead atoms. The molecule has 3 nitrogen and oxygen atoms in total. The van der Waals surface area contributed by atoms with E-state index in [9.17, 15) is 4.79 Å². The van der Waals surface area contributed by atoms with Gasteiger partial charge in [-0.25, -0.2) is 0 Å². The molecule has 1 N–H and O–H groups in total. The highest BCUT2D eigenvalue weighted by molar-refractivity contribution is 14.1. The summed E-state index contributed by atoms with van der Waals surface area (Å²) in [5.41, 5.74) is 1.79. The standard InChI is InChI=1S/C17H18INO2/c1-3-16(12-8-10-13(21-2)11-9-12)19-17(20)14-6-4-5-7-15(14)18/h4-11,16H,3H2,1-2H3,(H,19,20). The Morgan fingerprint density at radius 1 is 1.19 bits per heavy atom. The molecule has 0 aliphatic heterocycles. The van der Waals surface area contributed by atoms with Gasteiger partial charge in [0.25, 0.3) is 5.91 Å². The van der Waals surface area contributed by atoms with Crippen LogP contribution in [0, 0.1) is 3.57 Å². The number of benzene rings is 2. The maximum absolute atomic E-state index is 12.4. The van der Waals surface area contributed by atoms with Crippen molar-refractivity contribution in [2.24, 2.45) is 0 Å². The van der Waals surface area contributed by atoms with Gasteiger partial charge < -0.3 is 10.1 Å². The fourth-order valence-corrected chi connectivity index (χ4v) is 2.77. The number of hydrogen-bond donors (Lipinski definition) is 1. The molecule has 0 aliphatic carbocycles. The Bertz CT molecular complexity index is 610. The Balaban J connectivity index is 2.15. The minimum atomic E-state index is -0.0392. The molecule has 0 aliphatic rings. The molecule has 2 aromatic carbocycles. The van der Waals surface area contributed by atoms with Gasteiger partial charge in [-0.3, -0.25) is 4.79 Å². The predicted octanol–water partition coefficient (Wildman–Crippen LogP) is 4.18. The normalized spacial score (nSPS) is 11.8. The van der Waals surface area contributed by atoms with Gasteiger partial charge in [0.15, 0.2) is 0 Å². The largest absolute Gasteiger partial charge is 0.497 e. The third-order valence-corrected chi connectivity index (χ3v) is 4.29. The van der Waals surface area contributed by atoms with Gasteiger partial charge in [-0.15, -0.1) is 0 Å². The lowest BCUT2D eigenvalue weighted by molar-refractivity contribution is 0.0934. The molecular weight excluding hydrogens is 377 g/mol. The maximum atomic E-state index is 12.4. The predicted molar refractivity (Wildman–Crippen MR) is 92.7 cm³/mol. The van der Waals surface area contributed by atoms with Crippen molar-refractivity contribution >= 4 is 28.5 Å². The number of nitrogens with one attached hydrogen (secondary N) is 1. The number of carbonyl (C=O) groups is 1. The van der Waals surface area contributed by atoms with E-state index in [1.165, 1.54) is 0 Å². The third kappa shape index (κ3) is 3.97. The quantitative estimate of drug-likeness (QED) is 0.772. The molecule has 0 radical (unpaired) electrons. The van der Waals surface area contributed by atoms with Crippen LogP contribution in [0.3, 0.4) is 0 Å². The van der Waals surface area contributed by atoms with E-state index in [2.05, 4.69) is 34.8 Å². The van der Waals surface area contributed by atoms with Gasteiger partial charge in [0.2, 0.25) is 0 Å². The number of methoxy groups -OCH3 is 1. The van der Waals surface area contributed by atoms with E-state index in [0.29, 0.717) is 5.56 Å². The van der Waals surface area contributed by atoms with Crippen molar-refractivity contribution in [1.82, 2.24) is 5.32 Å². The van der Waals surface area contributed by atoms with Gasteiger partial charge in [0.05, 0.1) is 18.7 Å². The average molecular weight is 395 g/mol. The fourth-order valence-electron chi connectivity index (χ4n) is 2.14. The van der Waals surface area contributed by atoms with Crippen molar-refractivity contribution < 1.29 is 9.53 Å². The lowest BCUT2D eigenvalue weighted by atomic mass is 10.0. The highest BCUT2D eigenvalue weighted by atomic mass is 127. The molecule has 2 rings (SSSR count). The van der Waals surface area contributed by atoms with Crippen LogP contribution >= 0.6 is 22.6 Å². The Kier molecular flexibility index (Phi) is 5.61. The lowest BCUT2D eigenvalue weighted by Crippen LogP contribution is -2.28. The summed E-state index contributed by atoms with van der Waals surface area (Å²) >= 11 is 2.18. The van der Waals surface area contributed by atoms with Gasteiger partial charge >= 0.3 is 0 Å². The average Bonchev–Trinajstić information content (AvgIpc) is 2.53. The molecule has 0 saturated carbocycles. The van der Waals surface area contributed by atoms with E-state index in [0.717, 1.165) is 21.3 Å². The minimum Gasteiger partial charge on any atom is -0.497 e. The van der Waals surface area contributed by atoms with Gasteiger partial charge in [-0.05, 0) is 58.8 Å². The SMILES string of the molecule is CCC(NC(=O)c1ccccc1I)c1ccc(OC)cc1. The number of amides is 1. The highest BCUT2D eigenvalue weighted by Gasteiger charge is 2.15. The molecule has 1 atom stereocenters. The molecule has 0 heterocycles. The summed E-state index contributed by atoms with van der Waals surface area (Å²) < 4.78 is 6.12. The monoisotopic (exact) mass is 395 g/mol. The van der Waals surface area contributed by atoms with Gasteiger partial charge in [-0.2, -0.15) is 0 Å². The summed E-state index contributed by atoms with van der Waals surface area (Å²) in [6.07, 6.45) is 0.835. The zero-order chi connectivity index (χ0) is 15.2. The van der Waals surface area contributed by atoms with Crippen molar-refractivity contribution in [2.45, 2.75) is 19.4 Å². The molecule has 0 aromatic heterocycles. The minimum absolute atomic E-state index is 0.000544. The van der Waals surface area contributed by atoms with Crippen LogP contribution in [0.25, 0.3) is 0 Å². The molecule has 1 unspecified atom stereocenters. The van der Waals surface area contributed by atoms with Crippen LogP contribution in [0.4, 0.5) is 0 Å². The van der Waals surface area contributed by atoms with E-state index in [4.69, 9.17) is 4.74 Å². The Labute approximate surface area is 138 Å². The molecule has 0 spiro atoms. The topological polar surface area (TPSA) is 38.3 Å². The first-order valence-corrected chi connectivity index (χ1v) is 7.93. The molecule has 21 heavy (non-hydrogen) atoms. The van der Waals surface area contributed by atoms with E-state index in [1.54, 1.807) is 7.11 Å². The van der Waals surface area contributed by atoms with Crippen LogP contribution in [-0.2, 0) is 0 Å². The van der Waals surface area contributed by atoms with Crippen molar-refractivity contribution in [3.8, 4) is 5.75 Å². The summed E-state index contributed by atoms with van der Waals surface area (Å²) in [6, 6.07) is 15.4. The number of halogens is 1. The zero-order valence-electron chi connectivity index (χ0n) is 12.1. The van der Waals surface area contributed by atoms with Crippen LogP contribution in [0.15, 0.2) is 48.5 Å². The first-order chi connectivity index (χ1) is 10.2. The summed E-state index contributed by atoms with van der Waals surface area (Å²) in [7, 11) is 1.64. The Morgan fingerprint density at radius 2 is 1.86 bits per heavy atom. The van der Waals surface area contributed by atoms with Gasteiger partial charge in [0.1, 0.15) is 5.75 Å².